The standard InChI is InChI=1S/C20H17N3.C10H10N2.C9H7BrN2.CH4/c1-2-6-15(7-3-1)18-13-12-16(22-18)10-11-17-14-21-19-8-4-5-9-20(19)23-17;1-8-11-7-10(12-8)9-5-3-2-4-6-9;10-5-7-6-11-8-3-1-2-4-9(8)12-7;/h1-9,13-14H,10-12H2;2-7,11-12H,1H2;1-4,6H,5H2;1H4. The highest BCUT2D eigenvalue weighted by molar-refractivity contribution is 9.08. The molecule has 0 unspecified atom stereocenters. The number of hydrogen-bond donors (Lipinski definition) is 2. The third kappa shape index (κ3) is 9.08. The van der Waals surface area contributed by atoms with Crippen LogP contribution in [0, 0.1) is 0 Å². The van der Waals surface area contributed by atoms with Crippen LogP contribution in [0.2, 0.25) is 0 Å². The lowest BCUT2D eigenvalue weighted by Gasteiger charge is -2.03. The van der Waals surface area contributed by atoms with Gasteiger partial charge in [0.1, 0.15) is 0 Å². The van der Waals surface area contributed by atoms with Crippen molar-refractivity contribution in [3.63, 3.8) is 0 Å². The van der Waals surface area contributed by atoms with E-state index >= 15 is 0 Å². The van der Waals surface area contributed by atoms with Gasteiger partial charge in [-0.25, -0.2) is 9.97 Å². The molecule has 0 bridgehead atoms. The number of hydrogen-bond acceptors (Lipinski definition) is 7. The molecule has 0 fully saturated rings. The van der Waals surface area contributed by atoms with E-state index in [-0.39, 0.29) is 7.43 Å². The van der Waals surface area contributed by atoms with E-state index < -0.39 is 0 Å². The van der Waals surface area contributed by atoms with E-state index in [2.05, 4.69) is 83.4 Å². The van der Waals surface area contributed by atoms with Gasteiger partial charge in [-0.05, 0) is 48.2 Å². The number of nitrogens with one attached hydrogen (secondary N) is 2. The Bertz CT molecular complexity index is 2070. The van der Waals surface area contributed by atoms with Crippen molar-refractivity contribution in [1.29, 1.82) is 0 Å². The molecule has 48 heavy (non-hydrogen) atoms. The zero-order chi connectivity index (χ0) is 32.3. The summed E-state index contributed by atoms with van der Waals surface area (Å²) in [5, 5.41) is 6.88. The average molecular weight is 697 g/mol. The molecular formula is C40H38BrN7. The number of aliphatic imine (C=N–C) groups is 1. The number of para-hydroxylation sites is 4. The highest BCUT2D eigenvalue weighted by atomic mass is 79.9. The summed E-state index contributed by atoms with van der Waals surface area (Å²) in [7, 11) is 0. The van der Waals surface area contributed by atoms with Gasteiger partial charge in [0.2, 0.25) is 0 Å². The minimum Gasteiger partial charge on any atom is -0.347 e. The molecule has 0 spiro atoms. The summed E-state index contributed by atoms with van der Waals surface area (Å²) in [6.45, 7) is 3.76. The second-order valence-electron chi connectivity index (χ2n) is 10.8. The fraction of sp³-hybridized carbons (Fsp3) is 0.125. The Kier molecular flexibility index (Phi) is 11.9. The third-order valence-electron chi connectivity index (χ3n) is 7.44. The van der Waals surface area contributed by atoms with Crippen LogP contribution in [0.3, 0.4) is 0 Å². The van der Waals surface area contributed by atoms with Gasteiger partial charge >= 0.3 is 0 Å². The number of aromatic nitrogens is 4. The van der Waals surface area contributed by atoms with Gasteiger partial charge in [-0.3, -0.25) is 15.0 Å². The van der Waals surface area contributed by atoms with Crippen LogP contribution in [0.25, 0.3) is 33.5 Å². The number of nitrogens with zero attached hydrogens (tertiary/aromatic N) is 5. The first-order valence-electron chi connectivity index (χ1n) is 15.4. The van der Waals surface area contributed by atoms with Crippen LogP contribution < -0.4 is 10.6 Å². The Labute approximate surface area is 290 Å². The molecule has 4 heterocycles. The van der Waals surface area contributed by atoms with E-state index in [1.54, 1.807) is 6.20 Å². The number of alkyl halides is 1. The fourth-order valence-corrected chi connectivity index (χ4v) is 5.31. The van der Waals surface area contributed by atoms with E-state index in [1.807, 2.05) is 97.3 Å². The molecule has 0 atom stereocenters. The summed E-state index contributed by atoms with van der Waals surface area (Å²) in [6, 6.07) is 36.3. The minimum atomic E-state index is 0. The van der Waals surface area contributed by atoms with Gasteiger partial charge in [-0.1, -0.05) is 121 Å². The largest absolute Gasteiger partial charge is 0.347 e. The van der Waals surface area contributed by atoms with Crippen molar-refractivity contribution in [2.75, 3.05) is 0 Å². The monoisotopic (exact) mass is 695 g/mol. The molecule has 2 aliphatic rings. The van der Waals surface area contributed by atoms with Crippen LogP contribution in [-0.2, 0) is 11.8 Å². The molecule has 0 aliphatic carbocycles. The topological polar surface area (TPSA) is 88.0 Å². The maximum absolute atomic E-state index is 4.77. The summed E-state index contributed by atoms with van der Waals surface area (Å²) in [6.07, 6.45) is 10.5. The second-order valence-corrected chi connectivity index (χ2v) is 11.4. The summed E-state index contributed by atoms with van der Waals surface area (Å²) in [5.74, 6) is 0.828. The van der Waals surface area contributed by atoms with Crippen LogP contribution in [-0.4, -0.2) is 25.6 Å². The van der Waals surface area contributed by atoms with Gasteiger partial charge in [0, 0.05) is 36.1 Å². The number of allylic oxidation sites excluding steroid dienone is 1. The predicted molar refractivity (Wildman–Crippen MR) is 203 cm³/mol. The van der Waals surface area contributed by atoms with Crippen LogP contribution in [0.1, 0.15) is 42.8 Å². The SMILES string of the molecule is BrCc1cnc2ccccc2n1.C.C1=C(c2ccccc2)N=C(CCc2cnc3ccccc3n2)C1.C=C1NC=C(c2ccccc2)N1. The van der Waals surface area contributed by atoms with Gasteiger partial charge in [-0.15, -0.1) is 0 Å². The summed E-state index contributed by atoms with van der Waals surface area (Å²) in [5.41, 5.74) is 11.5. The Morgan fingerprint density at radius 2 is 1.19 bits per heavy atom. The molecule has 7 nitrogen and oxygen atoms in total. The number of aryl methyl sites for hydroxylation is 1. The maximum atomic E-state index is 4.77. The molecule has 2 aromatic heterocycles. The van der Waals surface area contributed by atoms with Crippen molar-refractivity contribution in [3.8, 4) is 0 Å². The number of fused-ring (bicyclic) bond motifs is 2. The third-order valence-corrected chi connectivity index (χ3v) is 8.02. The quantitative estimate of drug-likeness (QED) is 0.169. The summed E-state index contributed by atoms with van der Waals surface area (Å²) < 4.78 is 0. The Morgan fingerprint density at radius 3 is 1.77 bits per heavy atom. The maximum Gasteiger partial charge on any atom is 0.0998 e. The van der Waals surface area contributed by atoms with E-state index in [9.17, 15) is 0 Å². The molecule has 2 N–H and O–H groups in total. The number of halogens is 1. The van der Waals surface area contributed by atoms with Gasteiger partial charge in [0.15, 0.2) is 0 Å². The smallest absolute Gasteiger partial charge is 0.0998 e. The van der Waals surface area contributed by atoms with Crippen molar-refractivity contribution in [2.45, 2.75) is 32.0 Å². The number of benzene rings is 4. The molecule has 6 aromatic rings. The van der Waals surface area contributed by atoms with E-state index in [0.717, 1.165) is 75.3 Å². The first-order valence-corrected chi connectivity index (χ1v) is 16.5. The molecule has 0 amide bonds. The second kappa shape index (κ2) is 16.9. The molecule has 0 saturated heterocycles. The lowest BCUT2D eigenvalue weighted by molar-refractivity contribution is 0.961. The Balaban J connectivity index is 0.000000153. The lowest BCUT2D eigenvalue weighted by atomic mass is 10.1. The van der Waals surface area contributed by atoms with Gasteiger partial charge < -0.3 is 10.6 Å². The minimum absolute atomic E-state index is 0. The first kappa shape index (κ1) is 33.9. The highest BCUT2D eigenvalue weighted by Crippen LogP contribution is 2.23. The summed E-state index contributed by atoms with van der Waals surface area (Å²) in [4.78, 5) is 22.6. The first-order chi connectivity index (χ1) is 23.1. The predicted octanol–water partition coefficient (Wildman–Crippen LogP) is 9.26. The van der Waals surface area contributed by atoms with Crippen LogP contribution in [0.4, 0.5) is 0 Å². The molecule has 4 aromatic carbocycles. The van der Waals surface area contributed by atoms with E-state index in [0.29, 0.717) is 0 Å². The fourth-order valence-electron chi connectivity index (χ4n) is 5.04. The van der Waals surface area contributed by atoms with E-state index in [1.165, 1.54) is 16.8 Å². The molecule has 8 rings (SSSR count). The highest BCUT2D eigenvalue weighted by Gasteiger charge is 2.11. The van der Waals surface area contributed by atoms with Gasteiger partial charge in [0.25, 0.3) is 0 Å². The number of rotatable bonds is 6. The normalized spacial score (nSPS) is 13.0. The van der Waals surface area contributed by atoms with Crippen LogP contribution >= 0.6 is 15.9 Å². The molecule has 0 radical (unpaired) electrons. The molecule has 240 valence electrons. The molecule has 2 aliphatic heterocycles. The molecule has 8 heteroatoms. The van der Waals surface area contributed by atoms with Crippen LogP contribution in [0.15, 0.2) is 151 Å². The Hall–Kier alpha value is -5.47. The zero-order valence-electron chi connectivity index (χ0n) is 25.9. The molecular weight excluding hydrogens is 658 g/mol. The summed E-state index contributed by atoms with van der Waals surface area (Å²) >= 11 is 3.34. The van der Waals surface area contributed by atoms with Gasteiger partial charge in [0.05, 0.1) is 50.7 Å². The van der Waals surface area contributed by atoms with E-state index in [4.69, 9.17) is 4.99 Å². The molecule has 0 saturated carbocycles. The van der Waals surface area contributed by atoms with Gasteiger partial charge in [-0.2, -0.15) is 0 Å². The Morgan fingerprint density at radius 1 is 0.646 bits per heavy atom. The van der Waals surface area contributed by atoms with Crippen molar-refractivity contribution < 1.29 is 0 Å². The zero-order valence-corrected chi connectivity index (χ0v) is 27.4. The average Bonchev–Trinajstić information content (AvgIpc) is 3.81. The van der Waals surface area contributed by atoms with Crippen molar-refractivity contribution in [2.24, 2.45) is 4.99 Å². The van der Waals surface area contributed by atoms with Crippen molar-refractivity contribution in [3.05, 3.63) is 169 Å². The van der Waals surface area contributed by atoms with Crippen LogP contribution in [0.5, 0.6) is 0 Å². The lowest BCUT2D eigenvalue weighted by Crippen LogP contribution is -2.09. The van der Waals surface area contributed by atoms with Crippen molar-refractivity contribution >= 4 is 55.1 Å². The van der Waals surface area contributed by atoms with Crippen molar-refractivity contribution in [1.82, 2.24) is 30.6 Å².